The van der Waals surface area contributed by atoms with Crippen molar-refractivity contribution in [2.24, 2.45) is 0 Å². The van der Waals surface area contributed by atoms with Gasteiger partial charge in [-0.2, -0.15) is 5.26 Å². The van der Waals surface area contributed by atoms with Crippen molar-refractivity contribution in [3.05, 3.63) is 48.5 Å². The third-order valence-corrected chi connectivity index (χ3v) is 3.73. The van der Waals surface area contributed by atoms with E-state index < -0.39 is 5.54 Å². The highest BCUT2D eigenvalue weighted by Crippen LogP contribution is 2.35. The Labute approximate surface area is 117 Å². The summed E-state index contributed by atoms with van der Waals surface area (Å²) in [6.07, 6.45) is 5.69. The van der Waals surface area contributed by atoms with E-state index in [4.69, 9.17) is 0 Å². The molecule has 1 N–H and O–H groups in total. The Bertz CT molecular complexity index is 654. The average molecular weight is 267 g/mol. The molecular formula is C16H14FN3. The van der Waals surface area contributed by atoms with Crippen molar-refractivity contribution in [3.63, 3.8) is 0 Å². The minimum Gasteiger partial charge on any atom is -0.367 e. The van der Waals surface area contributed by atoms with Crippen molar-refractivity contribution in [2.75, 3.05) is 5.32 Å². The molecular weight excluding hydrogens is 253 g/mol. The van der Waals surface area contributed by atoms with Gasteiger partial charge < -0.3 is 5.32 Å². The predicted octanol–water partition coefficient (Wildman–Crippen LogP) is 3.75. The maximum absolute atomic E-state index is 13.1. The van der Waals surface area contributed by atoms with Gasteiger partial charge in [0.05, 0.1) is 12.3 Å². The van der Waals surface area contributed by atoms with Crippen LogP contribution in [-0.4, -0.2) is 10.5 Å². The number of anilines is 1. The third-order valence-electron chi connectivity index (χ3n) is 3.73. The van der Waals surface area contributed by atoms with Gasteiger partial charge in [0.25, 0.3) is 0 Å². The Morgan fingerprint density at radius 2 is 1.90 bits per heavy atom. The molecule has 0 unspecified atom stereocenters. The molecule has 100 valence electrons. The molecule has 1 aliphatic carbocycles. The summed E-state index contributed by atoms with van der Waals surface area (Å²) in [6.45, 7) is 0. The number of nitrogens with one attached hydrogen (secondary N) is 1. The highest BCUT2D eigenvalue weighted by molar-refractivity contribution is 5.65. The van der Waals surface area contributed by atoms with Gasteiger partial charge in [-0.1, -0.05) is 12.1 Å². The smallest absolute Gasteiger partial charge is 0.142 e. The summed E-state index contributed by atoms with van der Waals surface area (Å²) in [4.78, 5) is 3.84. The first kappa shape index (κ1) is 12.6. The molecule has 1 fully saturated rings. The van der Waals surface area contributed by atoms with Crippen LogP contribution in [0, 0.1) is 17.1 Å². The molecule has 4 heteroatoms. The summed E-state index contributed by atoms with van der Waals surface area (Å²) < 4.78 is 13.1. The molecule has 0 saturated heterocycles. The lowest BCUT2D eigenvalue weighted by molar-refractivity contribution is 0.356. The molecule has 0 spiro atoms. The molecule has 3 rings (SSSR count). The van der Waals surface area contributed by atoms with Crippen LogP contribution in [0.1, 0.15) is 19.3 Å². The maximum Gasteiger partial charge on any atom is 0.142 e. The number of hydrogen-bond acceptors (Lipinski definition) is 3. The zero-order chi connectivity index (χ0) is 14.0. The molecule has 2 aromatic rings. The second kappa shape index (κ2) is 4.93. The Balaban J connectivity index is 1.80. The molecule has 1 aromatic heterocycles. The standard InChI is InChI=1S/C16H14FN3/c17-14-8-13(9-19-10-14)12-2-4-15(5-3-12)20-16(11-18)6-1-7-16/h2-5,8-10,20H,1,6-7H2. The Kier molecular flexibility index (Phi) is 3.11. The zero-order valence-corrected chi connectivity index (χ0v) is 10.9. The van der Waals surface area contributed by atoms with Gasteiger partial charge in [-0.25, -0.2) is 4.39 Å². The second-order valence-electron chi connectivity index (χ2n) is 5.14. The van der Waals surface area contributed by atoms with Crippen LogP contribution in [0.15, 0.2) is 42.7 Å². The van der Waals surface area contributed by atoms with Crippen LogP contribution in [-0.2, 0) is 0 Å². The third kappa shape index (κ3) is 2.35. The van der Waals surface area contributed by atoms with Crippen molar-refractivity contribution in [1.29, 1.82) is 5.26 Å². The summed E-state index contributed by atoms with van der Waals surface area (Å²) in [6, 6.07) is 11.4. The van der Waals surface area contributed by atoms with E-state index >= 15 is 0 Å². The van der Waals surface area contributed by atoms with E-state index in [1.165, 1.54) is 12.3 Å². The van der Waals surface area contributed by atoms with Gasteiger partial charge in [0.15, 0.2) is 0 Å². The van der Waals surface area contributed by atoms with Crippen LogP contribution in [0.3, 0.4) is 0 Å². The number of benzene rings is 1. The van der Waals surface area contributed by atoms with E-state index in [-0.39, 0.29) is 5.82 Å². The average Bonchev–Trinajstić information content (AvgIpc) is 2.44. The Morgan fingerprint density at radius 3 is 2.45 bits per heavy atom. The van der Waals surface area contributed by atoms with E-state index in [0.29, 0.717) is 0 Å². The fourth-order valence-electron chi connectivity index (χ4n) is 2.39. The first-order valence-electron chi connectivity index (χ1n) is 6.61. The summed E-state index contributed by atoms with van der Waals surface area (Å²) in [5, 5.41) is 12.5. The number of pyridine rings is 1. The van der Waals surface area contributed by atoms with E-state index in [1.54, 1.807) is 6.20 Å². The lowest BCUT2D eigenvalue weighted by Gasteiger charge is -2.36. The first-order chi connectivity index (χ1) is 9.71. The van der Waals surface area contributed by atoms with Crippen molar-refractivity contribution < 1.29 is 4.39 Å². The summed E-state index contributed by atoms with van der Waals surface area (Å²) in [5.74, 6) is -0.345. The second-order valence-corrected chi connectivity index (χ2v) is 5.14. The minimum atomic E-state index is -0.401. The molecule has 0 aliphatic heterocycles. The molecule has 1 saturated carbocycles. The topological polar surface area (TPSA) is 48.7 Å². The largest absolute Gasteiger partial charge is 0.367 e. The Hall–Kier alpha value is -2.41. The molecule has 1 heterocycles. The van der Waals surface area contributed by atoms with Crippen molar-refractivity contribution in [3.8, 4) is 17.2 Å². The lowest BCUT2D eigenvalue weighted by atomic mass is 9.78. The molecule has 1 aromatic carbocycles. The van der Waals surface area contributed by atoms with Gasteiger partial charge >= 0.3 is 0 Å². The Morgan fingerprint density at radius 1 is 1.15 bits per heavy atom. The first-order valence-corrected chi connectivity index (χ1v) is 6.61. The number of hydrogen-bond donors (Lipinski definition) is 1. The molecule has 0 bridgehead atoms. The van der Waals surface area contributed by atoms with Crippen molar-refractivity contribution in [1.82, 2.24) is 4.98 Å². The van der Waals surface area contributed by atoms with Gasteiger partial charge in [0, 0.05) is 17.4 Å². The normalized spacial score (nSPS) is 16.0. The fourth-order valence-corrected chi connectivity index (χ4v) is 2.39. The lowest BCUT2D eigenvalue weighted by Crippen LogP contribution is -2.43. The summed E-state index contributed by atoms with van der Waals surface area (Å²) in [5.41, 5.74) is 2.17. The number of rotatable bonds is 3. The monoisotopic (exact) mass is 267 g/mol. The van der Waals surface area contributed by atoms with Gasteiger partial charge in [-0.15, -0.1) is 0 Å². The number of halogens is 1. The highest BCUT2D eigenvalue weighted by atomic mass is 19.1. The van der Waals surface area contributed by atoms with Crippen molar-refractivity contribution in [2.45, 2.75) is 24.8 Å². The SMILES string of the molecule is N#CC1(Nc2ccc(-c3cncc(F)c3)cc2)CCC1. The van der Waals surface area contributed by atoms with Crippen LogP contribution in [0.2, 0.25) is 0 Å². The van der Waals surface area contributed by atoms with E-state index in [1.807, 2.05) is 24.3 Å². The molecule has 3 nitrogen and oxygen atoms in total. The predicted molar refractivity (Wildman–Crippen MR) is 75.4 cm³/mol. The molecule has 0 radical (unpaired) electrons. The number of aromatic nitrogens is 1. The fraction of sp³-hybridized carbons (Fsp3) is 0.250. The number of nitriles is 1. The molecule has 0 amide bonds. The van der Waals surface area contributed by atoms with E-state index in [0.717, 1.165) is 36.1 Å². The van der Waals surface area contributed by atoms with Gasteiger partial charge in [-0.05, 0) is 43.0 Å². The van der Waals surface area contributed by atoms with Crippen LogP contribution in [0.4, 0.5) is 10.1 Å². The zero-order valence-electron chi connectivity index (χ0n) is 10.9. The summed E-state index contributed by atoms with van der Waals surface area (Å²) >= 11 is 0. The van der Waals surface area contributed by atoms with E-state index in [9.17, 15) is 9.65 Å². The van der Waals surface area contributed by atoms with Crippen LogP contribution in [0.5, 0.6) is 0 Å². The van der Waals surface area contributed by atoms with Gasteiger partial charge in [-0.3, -0.25) is 4.98 Å². The van der Waals surface area contributed by atoms with Gasteiger partial charge in [0.1, 0.15) is 11.4 Å². The minimum absolute atomic E-state index is 0.345. The van der Waals surface area contributed by atoms with E-state index in [2.05, 4.69) is 16.4 Å². The van der Waals surface area contributed by atoms with Crippen molar-refractivity contribution >= 4 is 5.69 Å². The quantitative estimate of drug-likeness (QED) is 0.921. The highest BCUT2D eigenvalue weighted by Gasteiger charge is 2.36. The molecule has 1 aliphatic rings. The maximum atomic E-state index is 13.1. The molecule has 0 atom stereocenters. The molecule has 20 heavy (non-hydrogen) atoms. The number of nitrogens with zero attached hydrogens (tertiary/aromatic N) is 2. The van der Waals surface area contributed by atoms with Crippen LogP contribution in [0.25, 0.3) is 11.1 Å². The summed E-state index contributed by atoms with van der Waals surface area (Å²) in [7, 11) is 0. The van der Waals surface area contributed by atoms with Crippen LogP contribution >= 0.6 is 0 Å². The van der Waals surface area contributed by atoms with Gasteiger partial charge in [0.2, 0.25) is 0 Å². The van der Waals surface area contributed by atoms with Crippen LogP contribution < -0.4 is 5.32 Å².